The fourth-order valence-electron chi connectivity index (χ4n) is 2.21. The standard InChI is InChI=1S/C14H16BrNO4/c1-16(8-9-4-2-3-5-10(9)15)13(17)11-6-7-12(20-11)14(18)19/h2-5,11-12H,6-8H2,1H3,(H,18,19). The zero-order chi connectivity index (χ0) is 14.7. The highest BCUT2D eigenvalue weighted by molar-refractivity contribution is 9.10. The number of carbonyl (C=O) groups is 2. The number of amides is 1. The Morgan fingerprint density at radius 3 is 2.60 bits per heavy atom. The molecule has 2 unspecified atom stereocenters. The predicted octanol–water partition coefficient (Wildman–Crippen LogP) is 2.04. The first-order valence-electron chi connectivity index (χ1n) is 6.35. The van der Waals surface area contributed by atoms with Crippen LogP contribution >= 0.6 is 15.9 Å². The van der Waals surface area contributed by atoms with Crippen LogP contribution in [0.4, 0.5) is 0 Å². The van der Waals surface area contributed by atoms with Crippen molar-refractivity contribution >= 4 is 27.8 Å². The van der Waals surface area contributed by atoms with Gasteiger partial charge in [-0.1, -0.05) is 34.1 Å². The fraction of sp³-hybridized carbons (Fsp3) is 0.429. The van der Waals surface area contributed by atoms with E-state index >= 15 is 0 Å². The first-order chi connectivity index (χ1) is 9.49. The van der Waals surface area contributed by atoms with E-state index in [-0.39, 0.29) is 5.91 Å². The zero-order valence-corrected chi connectivity index (χ0v) is 12.7. The molecule has 1 N–H and O–H groups in total. The van der Waals surface area contributed by atoms with E-state index in [9.17, 15) is 9.59 Å². The summed E-state index contributed by atoms with van der Waals surface area (Å²) < 4.78 is 6.21. The van der Waals surface area contributed by atoms with Gasteiger partial charge in [-0.2, -0.15) is 0 Å². The molecule has 1 amide bonds. The van der Waals surface area contributed by atoms with Crippen LogP contribution < -0.4 is 0 Å². The molecule has 0 spiro atoms. The van der Waals surface area contributed by atoms with E-state index in [4.69, 9.17) is 9.84 Å². The van der Waals surface area contributed by atoms with E-state index < -0.39 is 18.2 Å². The van der Waals surface area contributed by atoms with Crippen LogP contribution in [0.1, 0.15) is 18.4 Å². The Morgan fingerprint density at radius 1 is 1.35 bits per heavy atom. The summed E-state index contributed by atoms with van der Waals surface area (Å²) in [4.78, 5) is 24.6. The Labute approximate surface area is 125 Å². The molecule has 5 nitrogen and oxygen atoms in total. The minimum Gasteiger partial charge on any atom is -0.479 e. The number of likely N-dealkylation sites (N-methyl/N-ethyl adjacent to an activating group) is 1. The molecule has 20 heavy (non-hydrogen) atoms. The highest BCUT2D eigenvalue weighted by atomic mass is 79.9. The van der Waals surface area contributed by atoms with E-state index in [2.05, 4.69) is 15.9 Å². The van der Waals surface area contributed by atoms with Gasteiger partial charge in [0.2, 0.25) is 0 Å². The van der Waals surface area contributed by atoms with Gasteiger partial charge in [-0.25, -0.2) is 4.79 Å². The van der Waals surface area contributed by atoms with Crippen LogP contribution in [0, 0.1) is 0 Å². The molecule has 0 saturated carbocycles. The summed E-state index contributed by atoms with van der Waals surface area (Å²) in [6.07, 6.45) is -0.672. The van der Waals surface area contributed by atoms with Crippen molar-refractivity contribution in [2.24, 2.45) is 0 Å². The van der Waals surface area contributed by atoms with E-state index in [0.717, 1.165) is 10.0 Å². The number of halogens is 1. The van der Waals surface area contributed by atoms with Crippen molar-refractivity contribution in [3.63, 3.8) is 0 Å². The maximum atomic E-state index is 12.2. The van der Waals surface area contributed by atoms with Crippen LogP contribution in [0.25, 0.3) is 0 Å². The van der Waals surface area contributed by atoms with Crippen LogP contribution in [-0.4, -0.2) is 41.1 Å². The summed E-state index contributed by atoms with van der Waals surface area (Å²) in [5.41, 5.74) is 0.996. The van der Waals surface area contributed by atoms with Crippen molar-refractivity contribution in [2.45, 2.75) is 31.6 Å². The quantitative estimate of drug-likeness (QED) is 0.909. The molecule has 1 saturated heterocycles. The van der Waals surface area contributed by atoms with Crippen molar-refractivity contribution in [1.29, 1.82) is 0 Å². The van der Waals surface area contributed by atoms with Crippen LogP contribution in [0.3, 0.4) is 0 Å². The van der Waals surface area contributed by atoms with Crippen molar-refractivity contribution in [1.82, 2.24) is 4.90 Å². The second-order valence-corrected chi connectivity index (χ2v) is 5.67. The number of nitrogens with zero attached hydrogens (tertiary/aromatic N) is 1. The normalized spacial score (nSPS) is 21.7. The first-order valence-corrected chi connectivity index (χ1v) is 7.15. The molecule has 0 bridgehead atoms. The van der Waals surface area contributed by atoms with Crippen molar-refractivity contribution < 1.29 is 19.4 Å². The van der Waals surface area contributed by atoms with Gasteiger partial charge >= 0.3 is 5.97 Å². The van der Waals surface area contributed by atoms with Gasteiger partial charge in [0, 0.05) is 18.1 Å². The van der Waals surface area contributed by atoms with Gasteiger partial charge in [0.15, 0.2) is 6.10 Å². The lowest BCUT2D eigenvalue weighted by atomic mass is 10.1. The SMILES string of the molecule is CN(Cc1ccccc1Br)C(=O)C1CCC(C(=O)O)O1. The average Bonchev–Trinajstić information content (AvgIpc) is 2.90. The Balaban J connectivity index is 1.96. The summed E-state index contributed by atoms with van der Waals surface area (Å²) in [5.74, 6) is -1.18. The van der Waals surface area contributed by atoms with Gasteiger partial charge in [-0.15, -0.1) is 0 Å². The van der Waals surface area contributed by atoms with Gasteiger partial charge < -0.3 is 14.7 Å². The Kier molecular flexibility index (Phi) is 4.77. The largest absolute Gasteiger partial charge is 0.479 e. The smallest absolute Gasteiger partial charge is 0.332 e. The minimum absolute atomic E-state index is 0.176. The van der Waals surface area contributed by atoms with Gasteiger partial charge in [-0.05, 0) is 24.5 Å². The number of rotatable bonds is 4. The number of carboxylic acids is 1. The fourth-order valence-corrected chi connectivity index (χ4v) is 2.62. The molecule has 0 aliphatic carbocycles. The first kappa shape index (κ1) is 15.0. The predicted molar refractivity (Wildman–Crippen MR) is 76.1 cm³/mol. The highest BCUT2D eigenvalue weighted by Gasteiger charge is 2.36. The highest BCUT2D eigenvalue weighted by Crippen LogP contribution is 2.23. The molecule has 108 valence electrons. The number of hydrogen-bond donors (Lipinski definition) is 1. The van der Waals surface area contributed by atoms with Gasteiger partial charge in [0.05, 0.1) is 0 Å². The number of benzene rings is 1. The molecule has 2 atom stereocenters. The molecule has 2 rings (SSSR count). The van der Waals surface area contributed by atoms with Crippen molar-refractivity contribution in [3.05, 3.63) is 34.3 Å². The summed E-state index contributed by atoms with van der Waals surface area (Å²) >= 11 is 3.44. The molecule has 1 heterocycles. The summed E-state index contributed by atoms with van der Waals surface area (Å²) in [6, 6.07) is 7.67. The van der Waals surface area contributed by atoms with E-state index in [0.29, 0.717) is 19.4 Å². The molecule has 6 heteroatoms. The Bertz CT molecular complexity index is 520. The lowest BCUT2D eigenvalue weighted by Crippen LogP contribution is -2.36. The van der Waals surface area contributed by atoms with E-state index in [1.54, 1.807) is 11.9 Å². The minimum atomic E-state index is -1.01. The lowest BCUT2D eigenvalue weighted by molar-refractivity contribution is -0.154. The summed E-state index contributed by atoms with van der Waals surface area (Å²) in [7, 11) is 1.69. The number of aliphatic carboxylic acids is 1. The van der Waals surface area contributed by atoms with Crippen LogP contribution in [-0.2, 0) is 20.9 Å². The maximum Gasteiger partial charge on any atom is 0.332 e. The summed E-state index contributed by atoms with van der Waals surface area (Å²) in [5, 5.41) is 8.87. The Hall–Kier alpha value is -1.40. The van der Waals surface area contributed by atoms with Gasteiger partial charge in [0.25, 0.3) is 5.91 Å². The van der Waals surface area contributed by atoms with E-state index in [1.807, 2.05) is 24.3 Å². The molecule has 1 fully saturated rings. The van der Waals surface area contributed by atoms with Crippen LogP contribution in [0.5, 0.6) is 0 Å². The molecule has 1 aliphatic rings. The average molecular weight is 342 g/mol. The third-order valence-electron chi connectivity index (χ3n) is 3.31. The second kappa shape index (κ2) is 6.37. The lowest BCUT2D eigenvalue weighted by Gasteiger charge is -2.21. The topological polar surface area (TPSA) is 66.8 Å². The van der Waals surface area contributed by atoms with Crippen molar-refractivity contribution in [3.8, 4) is 0 Å². The number of ether oxygens (including phenoxy) is 1. The molecular formula is C14H16BrNO4. The summed E-state index contributed by atoms with van der Waals surface area (Å²) in [6.45, 7) is 0.456. The molecule has 0 aromatic heterocycles. The molecule has 1 aromatic carbocycles. The molecule has 0 radical (unpaired) electrons. The van der Waals surface area contributed by atoms with Gasteiger partial charge in [-0.3, -0.25) is 4.79 Å². The Morgan fingerprint density at radius 2 is 2.00 bits per heavy atom. The molecular weight excluding hydrogens is 326 g/mol. The molecule has 1 aliphatic heterocycles. The van der Waals surface area contributed by atoms with E-state index in [1.165, 1.54) is 0 Å². The number of carbonyl (C=O) groups excluding carboxylic acids is 1. The maximum absolute atomic E-state index is 12.2. The third kappa shape index (κ3) is 3.37. The monoisotopic (exact) mass is 341 g/mol. The zero-order valence-electron chi connectivity index (χ0n) is 11.1. The van der Waals surface area contributed by atoms with Crippen LogP contribution in [0.2, 0.25) is 0 Å². The number of hydrogen-bond acceptors (Lipinski definition) is 3. The van der Waals surface area contributed by atoms with Crippen molar-refractivity contribution in [2.75, 3.05) is 7.05 Å². The van der Waals surface area contributed by atoms with Gasteiger partial charge in [0.1, 0.15) is 6.10 Å². The second-order valence-electron chi connectivity index (χ2n) is 4.81. The molecule has 1 aromatic rings. The third-order valence-corrected chi connectivity index (χ3v) is 4.09. The number of carboxylic acid groups (broad SMARTS) is 1. The van der Waals surface area contributed by atoms with Crippen LogP contribution in [0.15, 0.2) is 28.7 Å².